The molecule has 0 aromatic carbocycles. The molecule has 2 unspecified atom stereocenters. The minimum absolute atomic E-state index is 0.0254. The van der Waals surface area contributed by atoms with E-state index in [0.717, 1.165) is 12.1 Å². The van der Waals surface area contributed by atoms with E-state index in [2.05, 4.69) is 14.9 Å². The third-order valence-corrected chi connectivity index (χ3v) is 6.57. The van der Waals surface area contributed by atoms with E-state index in [4.69, 9.17) is 32.7 Å². The fourth-order valence-corrected chi connectivity index (χ4v) is 4.43. The molecule has 0 spiro atoms. The molecule has 1 N–H and O–H groups in total. The van der Waals surface area contributed by atoms with Gasteiger partial charge in [-0.1, -0.05) is 23.2 Å². The summed E-state index contributed by atoms with van der Waals surface area (Å²) in [4.78, 5) is 34.9. The predicted octanol–water partition coefficient (Wildman–Crippen LogP) is 5.01. The number of Topliss-reactive ketones (excluding diaryl/α,β-unsaturated/α-hetero) is 1. The molecule has 1 fully saturated rings. The maximum atomic E-state index is 12.9. The Morgan fingerprint density at radius 3 is 2.56 bits per heavy atom. The number of aromatic amines is 1. The second kappa shape index (κ2) is 10.2. The first kappa shape index (κ1) is 24.6. The predicted molar refractivity (Wildman–Crippen MR) is 125 cm³/mol. The normalized spacial score (nSPS) is 18.8. The van der Waals surface area contributed by atoms with Gasteiger partial charge in [-0.15, -0.1) is 0 Å². The van der Waals surface area contributed by atoms with E-state index in [9.17, 15) is 9.59 Å². The van der Waals surface area contributed by atoms with E-state index in [1.54, 1.807) is 26.2 Å². The summed E-state index contributed by atoms with van der Waals surface area (Å²) in [6.07, 6.45) is 0.662. The van der Waals surface area contributed by atoms with Crippen molar-refractivity contribution < 1.29 is 19.1 Å². The Morgan fingerprint density at radius 1 is 1.25 bits per heavy atom. The number of hydrogen-bond acceptors (Lipinski definition) is 6. The second-order valence-electron chi connectivity index (χ2n) is 8.46. The molecule has 2 atom stereocenters. The number of aryl methyl sites for hydroxylation is 2. The fraction of sp³-hybridized carbons (Fsp3) is 0.522. The first-order valence-corrected chi connectivity index (χ1v) is 11.4. The number of esters is 1. The van der Waals surface area contributed by atoms with Crippen LogP contribution in [0.3, 0.4) is 0 Å². The van der Waals surface area contributed by atoms with Gasteiger partial charge in [-0.05, 0) is 52.2 Å². The molecule has 0 aliphatic carbocycles. The van der Waals surface area contributed by atoms with Gasteiger partial charge in [-0.25, -0.2) is 9.78 Å². The van der Waals surface area contributed by atoms with Crippen molar-refractivity contribution in [1.29, 1.82) is 0 Å². The number of H-pyrrole nitrogens is 1. The Kier molecular flexibility index (Phi) is 7.85. The molecule has 3 rings (SSSR count). The van der Waals surface area contributed by atoms with Gasteiger partial charge in [-0.3, -0.25) is 4.79 Å². The van der Waals surface area contributed by atoms with Gasteiger partial charge in [0.1, 0.15) is 11.5 Å². The van der Waals surface area contributed by atoms with Crippen LogP contribution in [0.25, 0.3) is 0 Å². The summed E-state index contributed by atoms with van der Waals surface area (Å²) in [5.41, 5.74) is 2.23. The molecule has 3 heterocycles. The molecule has 2 aromatic rings. The summed E-state index contributed by atoms with van der Waals surface area (Å²) in [6.45, 7) is 8.51. The van der Waals surface area contributed by atoms with Crippen molar-refractivity contribution in [2.45, 2.75) is 52.7 Å². The van der Waals surface area contributed by atoms with Crippen molar-refractivity contribution in [1.82, 2.24) is 9.97 Å². The van der Waals surface area contributed by atoms with Gasteiger partial charge >= 0.3 is 5.97 Å². The summed E-state index contributed by atoms with van der Waals surface area (Å²) < 4.78 is 11.1. The molecule has 1 saturated heterocycles. The number of aromatic nitrogens is 2. The maximum absolute atomic E-state index is 12.9. The highest BCUT2D eigenvalue weighted by Crippen LogP contribution is 2.33. The van der Waals surface area contributed by atoms with Crippen LogP contribution in [0.15, 0.2) is 12.1 Å². The monoisotopic (exact) mass is 481 g/mol. The second-order valence-corrected chi connectivity index (χ2v) is 9.21. The van der Waals surface area contributed by atoms with E-state index in [-0.39, 0.29) is 34.9 Å². The van der Waals surface area contributed by atoms with Crippen LogP contribution < -0.4 is 4.90 Å². The van der Waals surface area contributed by atoms with Gasteiger partial charge in [0, 0.05) is 38.0 Å². The molecule has 0 saturated carbocycles. The number of anilines is 1. The Morgan fingerprint density at radius 2 is 1.97 bits per heavy atom. The lowest BCUT2D eigenvalue weighted by atomic mass is 9.88. The van der Waals surface area contributed by atoms with Crippen LogP contribution in [-0.2, 0) is 9.47 Å². The van der Waals surface area contributed by atoms with Crippen molar-refractivity contribution in [3.63, 3.8) is 0 Å². The third kappa shape index (κ3) is 5.45. The topological polar surface area (TPSA) is 84.5 Å². The lowest BCUT2D eigenvalue weighted by Gasteiger charge is -2.38. The molecule has 0 amide bonds. The Bertz CT molecular complexity index is 1010. The highest BCUT2D eigenvalue weighted by atomic mass is 35.5. The Labute approximate surface area is 198 Å². The zero-order valence-corrected chi connectivity index (χ0v) is 20.5. The van der Waals surface area contributed by atoms with E-state index in [0.29, 0.717) is 47.3 Å². The highest BCUT2D eigenvalue weighted by molar-refractivity contribution is 6.44. The van der Waals surface area contributed by atoms with E-state index < -0.39 is 0 Å². The lowest BCUT2D eigenvalue weighted by molar-refractivity contribution is 0.0368. The van der Waals surface area contributed by atoms with Crippen molar-refractivity contribution >= 4 is 40.8 Å². The zero-order chi connectivity index (χ0) is 23.6. The van der Waals surface area contributed by atoms with Crippen molar-refractivity contribution in [3.8, 4) is 0 Å². The number of methoxy groups -OCH3 is 1. The molecule has 0 bridgehead atoms. The summed E-state index contributed by atoms with van der Waals surface area (Å²) >= 11 is 12.3. The number of hydrogen-bond donors (Lipinski definition) is 1. The van der Waals surface area contributed by atoms with Crippen LogP contribution in [0.4, 0.5) is 5.82 Å². The molecule has 2 aromatic heterocycles. The standard InChI is InChI=1S/C23H29Cl2N3O4/c1-12(2)32-23(30)16-8-13(3)26-19(10-16)28-7-6-15(18(11-28)31-5)9-17(29)22-21(25)20(24)14(4)27-22/h8,10,12,15,18,27H,6-7,9,11H2,1-5H3. The van der Waals surface area contributed by atoms with Gasteiger partial charge in [-0.2, -0.15) is 0 Å². The van der Waals surface area contributed by atoms with E-state index in [1.807, 2.05) is 20.8 Å². The fourth-order valence-electron chi connectivity index (χ4n) is 3.99. The quantitative estimate of drug-likeness (QED) is 0.441. The summed E-state index contributed by atoms with van der Waals surface area (Å²) in [5.74, 6) is 0.268. The maximum Gasteiger partial charge on any atom is 0.338 e. The van der Waals surface area contributed by atoms with Crippen LogP contribution in [-0.4, -0.2) is 54.1 Å². The first-order valence-electron chi connectivity index (χ1n) is 10.6. The number of ketones is 1. The molecule has 1 aliphatic heterocycles. The van der Waals surface area contributed by atoms with Crippen LogP contribution >= 0.6 is 23.2 Å². The van der Waals surface area contributed by atoms with Crippen molar-refractivity contribution in [2.24, 2.45) is 5.92 Å². The molecular weight excluding hydrogens is 453 g/mol. The van der Waals surface area contributed by atoms with E-state index in [1.165, 1.54) is 0 Å². The minimum atomic E-state index is -0.368. The number of rotatable bonds is 7. The summed E-state index contributed by atoms with van der Waals surface area (Å²) in [7, 11) is 1.64. The Balaban J connectivity index is 1.73. The lowest BCUT2D eigenvalue weighted by Crippen LogP contribution is -2.46. The molecule has 174 valence electrons. The number of nitrogens with zero attached hydrogens (tertiary/aromatic N) is 2. The smallest absolute Gasteiger partial charge is 0.338 e. The SMILES string of the molecule is COC1CN(c2cc(C(=O)OC(C)C)cc(C)n2)CCC1CC(=O)c1[nH]c(C)c(Cl)c1Cl. The van der Waals surface area contributed by atoms with Crippen LogP contribution in [0.5, 0.6) is 0 Å². The number of halogens is 2. The molecular formula is C23H29Cl2N3O4. The van der Waals surface area contributed by atoms with Gasteiger partial charge in [0.15, 0.2) is 5.78 Å². The van der Waals surface area contributed by atoms with Gasteiger partial charge in [0.2, 0.25) is 0 Å². The number of piperidine rings is 1. The Hall–Kier alpha value is -2.09. The summed E-state index contributed by atoms with van der Waals surface area (Å²) in [6, 6.07) is 3.47. The van der Waals surface area contributed by atoms with Crippen LogP contribution in [0.2, 0.25) is 10.0 Å². The third-order valence-electron chi connectivity index (χ3n) is 5.62. The largest absolute Gasteiger partial charge is 0.459 e. The number of pyridine rings is 1. The summed E-state index contributed by atoms with van der Waals surface area (Å²) in [5, 5.41) is 0.649. The molecule has 9 heteroatoms. The molecule has 7 nitrogen and oxygen atoms in total. The zero-order valence-electron chi connectivity index (χ0n) is 19.0. The highest BCUT2D eigenvalue weighted by Gasteiger charge is 2.33. The molecule has 32 heavy (non-hydrogen) atoms. The van der Waals surface area contributed by atoms with Gasteiger partial charge < -0.3 is 19.4 Å². The molecule has 1 aliphatic rings. The van der Waals surface area contributed by atoms with Gasteiger partial charge in [0.05, 0.1) is 27.8 Å². The van der Waals surface area contributed by atoms with E-state index >= 15 is 0 Å². The molecule has 0 radical (unpaired) electrons. The van der Waals surface area contributed by atoms with Crippen molar-refractivity contribution in [3.05, 3.63) is 44.8 Å². The van der Waals surface area contributed by atoms with Crippen LogP contribution in [0.1, 0.15) is 58.9 Å². The average molecular weight is 482 g/mol. The van der Waals surface area contributed by atoms with Crippen molar-refractivity contribution in [2.75, 3.05) is 25.1 Å². The van der Waals surface area contributed by atoms with Crippen LogP contribution in [0, 0.1) is 19.8 Å². The number of carbonyl (C=O) groups excluding carboxylic acids is 2. The minimum Gasteiger partial charge on any atom is -0.459 e. The first-order chi connectivity index (χ1) is 15.1. The number of carbonyl (C=O) groups is 2. The number of ether oxygens (including phenoxy) is 2. The average Bonchev–Trinajstić information content (AvgIpc) is 3.00. The van der Waals surface area contributed by atoms with Gasteiger partial charge in [0.25, 0.3) is 0 Å². The number of nitrogens with one attached hydrogen (secondary N) is 1.